The van der Waals surface area contributed by atoms with Crippen LogP contribution in [0.4, 0.5) is 0 Å². The third-order valence-electron chi connectivity index (χ3n) is 5.31. The zero-order chi connectivity index (χ0) is 21.8. The lowest BCUT2D eigenvalue weighted by atomic mass is 10.1. The number of imide groups is 1. The minimum atomic E-state index is -0.318. The molecule has 6 nitrogen and oxygen atoms in total. The van der Waals surface area contributed by atoms with Gasteiger partial charge in [-0.2, -0.15) is 0 Å². The van der Waals surface area contributed by atoms with Gasteiger partial charge in [-0.1, -0.05) is 54.6 Å². The summed E-state index contributed by atoms with van der Waals surface area (Å²) in [5.41, 5.74) is 2.95. The van der Waals surface area contributed by atoms with Crippen molar-refractivity contribution >= 4 is 17.7 Å². The molecule has 0 spiro atoms. The molecule has 0 radical (unpaired) electrons. The highest BCUT2D eigenvalue weighted by Crippen LogP contribution is 2.24. The van der Waals surface area contributed by atoms with Crippen molar-refractivity contribution in [2.45, 2.75) is 12.6 Å². The van der Waals surface area contributed by atoms with Gasteiger partial charge in [-0.3, -0.25) is 19.3 Å². The first-order valence-corrected chi connectivity index (χ1v) is 9.98. The van der Waals surface area contributed by atoms with Crippen LogP contribution in [-0.4, -0.2) is 36.3 Å². The summed E-state index contributed by atoms with van der Waals surface area (Å²) in [4.78, 5) is 39.1. The third kappa shape index (κ3) is 4.25. The number of carbonyl (C=O) groups is 3. The monoisotopic (exact) mass is 414 g/mol. The first-order chi connectivity index (χ1) is 15.1. The molecule has 3 aromatic rings. The third-order valence-corrected chi connectivity index (χ3v) is 5.31. The second-order valence-electron chi connectivity index (χ2n) is 7.29. The number of amides is 3. The lowest BCUT2D eigenvalue weighted by Gasteiger charge is -2.17. The van der Waals surface area contributed by atoms with Crippen LogP contribution in [0.5, 0.6) is 0 Å². The van der Waals surface area contributed by atoms with E-state index in [2.05, 4.69) is 5.32 Å². The molecule has 1 heterocycles. The summed E-state index contributed by atoms with van der Waals surface area (Å²) in [7, 11) is 1.60. The van der Waals surface area contributed by atoms with Crippen molar-refractivity contribution in [3.8, 4) is 0 Å². The summed E-state index contributed by atoms with van der Waals surface area (Å²) < 4.78 is 5.49. The highest BCUT2D eigenvalue weighted by Gasteiger charge is 2.35. The van der Waals surface area contributed by atoms with E-state index in [0.717, 1.165) is 5.56 Å². The fourth-order valence-electron chi connectivity index (χ4n) is 3.67. The van der Waals surface area contributed by atoms with Gasteiger partial charge in [-0.15, -0.1) is 0 Å². The lowest BCUT2D eigenvalue weighted by molar-refractivity contribution is 0.0642. The van der Waals surface area contributed by atoms with Crippen LogP contribution in [-0.2, 0) is 11.3 Å². The fraction of sp³-hybridized carbons (Fsp3) is 0.160. The van der Waals surface area contributed by atoms with Crippen LogP contribution in [0.3, 0.4) is 0 Å². The molecule has 3 amide bonds. The van der Waals surface area contributed by atoms with Gasteiger partial charge in [-0.25, -0.2) is 0 Å². The van der Waals surface area contributed by atoms with Crippen molar-refractivity contribution in [1.82, 2.24) is 10.2 Å². The van der Waals surface area contributed by atoms with Crippen LogP contribution in [0.25, 0.3) is 0 Å². The topological polar surface area (TPSA) is 75.7 Å². The predicted molar refractivity (Wildman–Crippen MR) is 116 cm³/mol. The molecule has 0 saturated heterocycles. The number of rotatable bonds is 7. The Bertz CT molecular complexity index is 1090. The summed E-state index contributed by atoms with van der Waals surface area (Å²) in [5.74, 6) is -0.885. The largest absolute Gasteiger partial charge is 0.375 e. The molecule has 1 atom stereocenters. The Morgan fingerprint density at radius 2 is 1.55 bits per heavy atom. The number of nitrogens with zero attached hydrogens (tertiary/aromatic N) is 1. The van der Waals surface area contributed by atoms with E-state index < -0.39 is 0 Å². The molecular formula is C25H22N2O4. The minimum Gasteiger partial charge on any atom is -0.375 e. The number of hydrogen-bond acceptors (Lipinski definition) is 4. The van der Waals surface area contributed by atoms with Crippen LogP contribution in [0.15, 0.2) is 78.9 Å². The maximum Gasteiger partial charge on any atom is 0.261 e. The van der Waals surface area contributed by atoms with Gasteiger partial charge in [0.1, 0.15) is 0 Å². The maximum atomic E-state index is 12.7. The van der Waals surface area contributed by atoms with Crippen LogP contribution < -0.4 is 5.32 Å². The Morgan fingerprint density at radius 1 is 0.903 bits per heavy atom. The molecule has 3 aromatic carbocycles. The molecule has 1 unspecified atom stereocenters. The van der Waals surface area contributed by atoms with Crippen molar-refractivity contribution in [3.05, 3.63) is 107 Å². The van der Waals surface area contributed by atoms with Crippen molar-refractivity contribution in [2.24, 2.45) is 0 Å². The first kappa shape index (κ1) is 20.5. The second-order valence-corrected chi connectivity index (χ2v) is 7.29. The SMILES string of the molecule is COC(CNC(=O)c1cccc(CN2C(=O)c3ccccc3C2=O)c1)c1ccccc1. The molecule has 1 N–H and O–H groups in total. The van der Waals surface area contributed by atoms with E-state index in [9.17, 15) is 14.4 Å². The van der Waals surface area contributed by atoms with Gasteiger partial charge in [0.15, 0.2) is 0 Å². The van der Waals surface area contributed by atoms with E-state index in [-0.39, 0.29) is 30.4 Å². The predicted octanol–water partition coefficient (Wildman–Crippen LogP) is 3.60. The van der Waals surface area contributed by atoms with Crippen LogP contribution in [0.1, 0.15) is 48.3 Å². The summed E-state index contributed by atoms with van der Waals surface area (Å²) in [6.07, 6.45) is -0.258. The van der Waals surface area contributed by atoms with Crippen molar-refractivity contribution in [3.63, 3.8) is 0 Å². The molecule has 0 fully saturated rings. The van der Waals surface area contributed by atoms with E-state index in [1.807, 2.05) is 30.3 Å². The second kappa shape index (κ2) is 8.93. The first-order valence-electron chi connectivity index (χ1n) is 9.98. The van der Waals surface area contributed by atoms with Gasteiger partial charge in [0, 0.05) is 19.2 Å². The number of nitrogens with one attached hydrogen (secondary N) is 1. The van der Waals surface area contributed by atoms with E-state index in [0.29, 0.717) is 28.8 Å². The number of methoxy groups -OCH3 is 1. The van der Waals surface area contributed by atoms with Gasteiger partial charge >= 0.3 is 0 Å². The Kier molecular flexibility index (Phi) is 5.91. The van der Waals surface area contributed by atoms with Gasteiger partial charge in [-0.05, 0) is 35.4 Å². The van der Waals surface area contributed by atoms with Crippen molar-refractivity contribution in [1.29, 1.82) is 0 Å². The molecule has 4 rings (SSSR count). The van der Waals surface area contributed by atoms with Gasteiger partial charge < -0.3 is 10.1 Å². The van der Waals surface area contributed by atoms with Gasteiger partial charge in [0.25, 0.3) is 17.7 Å². The molecule has 156 valence electrons. The number of ether oxygens (including phenoxy) is 1. The Morgan fingerprint density at radius 3 is 2.19 bits per heavy atom. The molecule has 6 heteroatoms. The molecule has 31 heavy (non-hydrogen) atoms. The molecule has 0 aliphatic carbocycles. The molecular weight excluding hydrogens is 392 g/mol. The number of fused-ring (bicyclic) bond motifs is 1. The number of hydrogen-bond donors (Lipinski definition) is 1. The fourth-order valence-corrected chi connectivity index (χ4v) is 3.67. The molecule has 0 bridgehead atoms. The molecule has 1 aliphatic heterocycles. The standard InChI is InChI=1S/C25H22N2O4/c1-31-22(18-9-3-2-4-10-18)15-26-23(28)19-11-7-8-17(14-19)16-27-24(29)20-12-5-6-13-21(20)25(27)30/h2-14,22H,15-16H2,1H3,(H,26,28). The smallest absolute Gasteiger partial charge is 0.261 e. The Hall–Kier alpha value is -3.77. The summed E-state index contributed by atoms with van der Waals surface area (Å²) in [6.45, 7) is 0.431. The van der Waals surface area contributed by atoms with Crippen molar-refractivity contribution in [2.75, 3.05) is 13.7 Å². The summed E-state index contributed by atoms with van der Waals surface area (Å²) in [6, 6.07) is 23.4. The van der Waals surface area contributed by atoms with E-state index in [1.165, 1.54) is 4.90 Å². The minimum absolute atomic E-state index is 0.109. The average Bonchev–Trinajstić information content (AvgIpc) is 3.05. The summed E-state index contributed by atoms with van der Waals surface area (Å²) in [5, 5.41) is 2.89. The Labute approximate surface area is 180 Å². The van der Waals surface area contributed by atoms with Crippen LogP contribution >= 0.6 is 0 Å². The van der Waals surface area contributed by atoms with Crippen molar-refractivity contribution < 1.29 is 19.1 Å². The molecule has 1 aliphatic rings. The number of benzene rings is 3. The summed E-state index contributed by atoms with van der Waals surface area (Å²) >= 11 is 0. The average molecular weight is 414 g/mol. The molecule has 0 aromatic heterocycles. The van der Waals surface area contributed by atoms with Gasteiger partial charge in [0.05, 0.1) is 23.8 Å². The van der Waals surface area contributed by atoms with Gasteiger partial charge in [0.2, 0.25) is 0 Å². The normalized spacial score (nSPS) is 13.8. The zero-order valence-corrected chi connectivity index (χ0v) is 17.1. The number of carbonyl (C=O) groups excluding carboxylic acids is 3. The quantitative estimate of drug-likeness (QED) is 0.600. The highest BCUT2D eigenvalue weighted by molar-refractivity contribution is 6.21. The van der Waals surface area contributed by atoms with Crippen LogP contribution in [0.2, 0.25) is 0 Å². The van der Waals surface area contributed by atoms with E-state index in [1.54, 1.807) is 55.6 Å². The highest BCUT2D eigenvalue weighted by atomic mass is 16.5. The lowest BCUT2D eigenvalue weighted by Crippen LogP contribution is -2.30. The van der Waals surface area contributed by atoms with E-state index in [4.69, 9.17) is 4.74 Å². The maximum absolute atomic E-state index is 12.7. The van der Waals surface area contributed by atoms with Crippen LogP contribution in [0, 0.1) is 0 Å². The Balaban J connectivity index is 1.43. The zero-order valence-electron chi connectivity index (χ0n) is 17.1. The molecule has 0 saturated carbocycles. The van der Waals surface area contributed by atoms with E-state index >= 15 is 0 Å².